The highest BCUT2D eigenvalue weighted by molar-refractivity contribution is 7.09. The summed E-state index contributed by atoms with van der Waals surface area (Å²) < 4.78 is 10.1. The maximum absolute atomic E-state index is 11.4. The van der Waals surface area contributed by atoms with E-state index in [1.54, 1.807) is 6.07 Å². The second-order valence-corrected chi connectivity index (χ2v) is 5.57. The predicted molar refractivity (Wildman–Crippen MR) is 78.7 cm³/mol. The molecule has 6 heteroatoms. The Labute approximate surface area is 125 Å². The smallest absolute Gasteiger partial charge is 0.310 e. The van der Waals surface area contributed by atoms with Crippen LogP contribution in [0.3, 0.4) is 0 Å². The van der Waals surface area contributed by atoms with Gasteiger partial charge in [-0.2, -0.15) is 0 Å². The van der Waals surface area contributed by atoms with Gasteiger partial charge in [-0.15, -0.1) is 0 Å². The van der Waals surface area contributed by atoms with Gasteiger partial charge in [0.05, 0.1) is 24.1 Å². The van der Waals surface area contributed by atoms with Crippen LogP contribution >= 0.6 is 11.3 Å². The van der Waals surface area contributed by atoms with Gasteiger partial charge in [-0.05, 0) is 18.6 Å². The molecule has 0 N–H and O–H groups in total. The molecule has 0 aliphatic carbocycles. The van der Waals surface area contributed by atoms with E-state index in [0.29, 0.717) is 16.3 Å². The first kappa shape index (κ1) is 15.2. The fourth-order valence-corrected chi connectivity index (χ4v) is 2.63. The molecule has 21 heavy (non-hydrogen) atoms. The van der Waals surface area contributed by atoms with Gasteiger partial charge in [-0.1, -0.05) is 29.5 Å². The van der Waals surface area contributed by atoms with Crippen molar-refractivity contribution in [1.29, 1.82) is 0 Å². The third-order valence-electron chi connectivity index (χ3n) is 2.84. The van der Waals surface area contributed by atoms with Gasteiger partial charge in [0, 0.05) is 6.92 Å². The Morgan fingerprint density at radius 1 is 1.33 bits per heavy atom. The van der Waals surface area contributed by atoms with Crippen LogP contribution in [0, 0.1) is 6.92 Å². The number of Topliss-reactive ketones (excluding diaryl/α,β-unsaturated/α-hetero) is 1. The van der Waals surface area contributed by atoms with Gasteiger partial charge in [-0.3, -0.25) is 9.59 Å². The van der Waals surface area contributed by atoms with E-state index in [-0.39, 0.29) is 18.2 Å². The number of esters is 1. The zero-order valence-electron chi connectivity index (χ0n) is 12.0. The Morgan fingerprint density at radius 2 is 2.05 bits per heavy atom. The molecule has 0 amide bonds. The van der Waals surface area contributed by atoms with Gasteiger partial charge in [0.15, 0.2) is 11.5 Å². The highest BCUT2D eigenvalue weighted by Crippen LogP contribution is 2.20. The number of carbonyl (C=O) groups is 2. The fourth-order valence-electron chi connectivity index (χ4n) is 1.82. The van der Waals surface area contributed by atoms with Crippen LogP contribution in [0.15, 0.2) is 33.7 Å². The lowest BCUT2D eigenvalue weighted by atomic mass is 10.1. The Kier molecular flexibility index (Phi) is 4.70. The molecule has 0 fully saturated rings. The summed E-state index contributed by atoms with van der Waals surface area (Å²) in [7, 11) is 1.35. The normalized spacial score (nSPS) is 11.5. The van der Waals surface area contributed by atoms with Crippen LogP contribution in [0.1, 0.15) is 27.9 Å². The first-order valence-electron chi connectivity index (χ1n) is 6.32. The number of nitrogens with zero attached hydrogens (tertiary/aromatic N) is 1. The van der Waals surface area contributed by atoms with E-state index < -0.39 is 0 Å². The summed E-state index contributed by atoms with van der Waals surface area (Å²) in [6, 6.07) is 7.25. The van der Waals surface area contributed by atoms with Crippen LogP contribution in [0.2, 0.25) is 0 Å². The highest BCUT2D eigenvalue weighted by Gasteiger charge is 2.11. The molecule has 110 valence electrons. The number of ketones is 1. The van der Waals surface area contributed by atoms with Gasteiger partial charge in [0.2, 0.25) is 0 Å². The first-order chi connectivity index (χ1) is 10.0. The highest BCUT2D eigenvalue weighted by atomic mass is 32.1. The van der Waals surface area contributed by atoms with Crippen molar-refractivity contribution in [1.82, 2.24) is 0 Å². The Morgan fingerprint density at radius 3 is 2.67 bits per heavy atom. The molecular formula is C15H15NO4S. The average molecular weight is 305 g/mol. The topological polar surface area (TPSA) is 68.9 Å². The molecule has 2 aromatic rings. The molecule has 0 radical (unpaired) electrons. The molecule has 0 aliphatic rings. The third kappa shape index (κ3) is 3.66. The maximum Gasteiger partial charge on any atom is 0.310 e. The van der Waals surface area contributed by atoms with Crippen LogP contribution in [-0.4, -0.2) is 18.9 Å². The van der Waals surface area contributed by atoms with E-state index in [1.165, 1.54) is 25.4 Å². The quantitative estimate of drug-likeness (QED) is 0.643. The van der Waals surface area contributed by atoms with Crippen molar-refractivity contribution >= 4 is 28.8 Å². The number of carbonyl (C=O) groups excluding carboxylic acids is 2. The summed E-state index contributed by atoms with van der Waals surface area (Å²) in [6.45, 7) is 3.26. The van der Waals surface area contributed by atoms with Gasteiger partial charge < -0.3 is 9.15 Å². The second kappa shape index (κ2) is 6.49. The zero-order valence-corrected chi connectivity index (χ0v) is 12.8. The van der Waals surface area contributed by atoms with Crippen molar-refractivity contribution in [3.63, 3.8) is 0 Å². The van der Waals surface area contributed by atoms with Crippen molar-refractivity contribution in [3.05, 3.63) is 45.3 Å². The summed E-state index contributed by atoms with van der Waals surface area (Å²) in [5, 5.41) is 0. The summed E-state index contributed by atoms with van der Waals surface area (Å²) >= 11 is 1.30. The van der Waals surface area contributed by atoms with Crippen LogP contribution < -0.4 is 4.87 Å². The monoisotopic (exact) mass is 305 g/mol. The largest absolute Gasteiger partial charge is 0.469 e. The standard InChI is InChI=1S/C15H15NO4S/c1-9(17)14-10(2)21-15(20-14)16-12-7-5-4-6-11(12)8-13(18)19-3/h4-7H,8H2,1-3H3. The Bertz CT molecular complexity index is 742. The summed E-state index contributed by atoms with van der Waals surface area (Å²) in [6.07, 6.45) is 0.139. The number of methoxy groups -OCH3 is 1. The molecule has 0 unspecified atom stereocenters. The molecule has 5 nitrogen and oxygen atoms in total. The van der Waals surface area contributed by atoms with Gasteiger partial charge in [-0.25, -0.2) is 4.99 Å². The minimum atomic E-state index is -0.332. The lowest BCUT2D eigenvalue weighted by molar-refractivity contribution is -0.139. The molecule has 0 aliphatic heterocycles. The zero-order chi connectivity index (χ0) is 15.4. The Balaban J connectivity index is 2.43. The summed E-state index contributed by atoms with van der Waals surface area (Å²) in [4.78, 5) is 28.3. The van der Waals surface area contributed by atoms with E-state index in [4.69, 9.17) is 4.42 Å². The average Bonchev–Trinajstić information content (AvgIpc) is 2.82. The van der Waals surface area contributed by atoms with E-state index in [9.17, 15) is 9.59 Å². The van der Waals surface area contributed by atoms with Crippen LogP contribution in [-0.2, 0) is 16.0 Å². The number of benzene rings is 1. The number of rotatable bonds is 4. The van der Waals surface area contributed by atoms with Crippen molar-refractivity contribution in [3.8, 4) is 0 Å². The minimum Gasteiger partial charge on any atom is -0.469 e. The van der Waals surface area contributed by atoms with Crippen LogP contribution in [0.4, 0.5) is 5.69 Å². The van der Waals surface area contributed by atoms with E-state index in [2.05, 4.69) is 9.73 Å². The van der Waals surface area contributed by atoms with Gasteiger partial charge in [0.1, 0.15) is 0 Å². The molecule has 0 saturated heterocycles. The van der Waals surface area contributed by atoms with Crippen LogP contribution in [0.25, 0.3) is 0 Å². The number of para-hydroxylation sites is 1. The molecule has 1 heterocycles. The molecular weight excluding hydrogens is 290 g/mol. The molecule has 1 aromatic carbocycles. The van der Waals surface area contributed by atoms with Gasteiger partial charge in [0.25, 0.3) is 4.87 Å². The van der Waals surface area contributed by atoms with Crippen molar-refractivity contribution in [2.45, 2.75) is 20.3 Å². The van der Waals surface area contributed by atoms with Crippen molar-refractivity contribution in [2.24, 2.45) is 4.99 Å². The molecule has 0 spiro atoms. The van der Waals surface area contributed by atoms with E-state index in [0.717, 1.165) is 10.4 Å². The number of ether oxygens (including phenoxy) is 1. The second-order valence-electron chi connectivity index (χ2n) is 4.40. The first-order valence-corrected chi connectivity index (χ1v) is 7.14. The third-order valence-corrected chi connectivity index (χ3v) is 3.68. The maximum atomic E-state index is 11.4. The fraction of sp³-hybridized carbons (Fsp3) is 0.267. The van der Waals surface area contributed by atoms with Crippen LogP contribution in [0.5, 0.6) is 0 Å². The van der Waals surface area contributed by atoms with E-state index in [1.807, 2.05) is 25.1 Å². The molecule has 0 bridgehead atoms. The molecule has 0 atom stereocenters. The predicted octanol–water partition coefficient (Wildman–Crippen LogP) is 2.80. The van der Waals surface area contributed by atoms with Gasteiger partial charge >= 0.3 is 5.97 Å². The molecule has 1 aromatic heterocycles. The molecule has 0 saturated carbocycles. The summed E-state index contributed by atoms with van der Waals surface area (Å²) in [5.41, 5.74) is 1.37. The van der Waals surface area contributed by atoms with Crippen molar-refractivity contribution in [2.75, 3.05) is 7.11 Å². The summed E-state index contributed by atoms with van der Waals surface area (Å²) in [5.74, 6) is -0.140. The number of hydrogen-bond acceptors (Lipinski definition) is 6. The Hall–Kier alpha value is -2.21. The lowest BCUT2D eigenvalue weighted by Gasteiger charge is -2.02. The number of aryl methyl sites for hydroxylation is 1. The minimum absolute atomic E-state index is 0.131. The number of hydrogen-bond donors (Lipinski definition) is 0. The molecule has 2 rings (SSSR count). The SMILES string of the molecule is COC(=O)Cc1ccccc1N=c1oc(C(C)=O)c(C)s1. The van der Waals surface area contributed by atoms with E-state index >= 15 is 0 Å². The van der Waals surface area contributed by atoms with Crippen molar-refractivity contribution < 1.29 is 18.7 Å². The lowest BCUT2D eigenvalue weighted by Crippen LogP contribution is -2.05.